The van der Waals surface area contributed by atoms with Crippen molar-refractivity contribution in [2.24, 2.45) is 0 Å². The van der Waals surface area contributed by atoms with Crippen LogP contribution in [0.25, 0.3) is 0 Å². The van der Waals surface area contributed by atoms with Crippen molar-refractivity contribution in [2.45, 2.75) is 31.8 Å². The van der Waals surface area contributed by atoms with Crippen LogP contribution in [0, 0.1) is 0 Å². The third kappa shape index (κ3) is 3.33. The van der Waals surface area contributed by atoms with Crippen LogP contribution in [0.15, 0.2) is 27.1 Å². The highest BCUT2D eigenvalue weighted by Crippen LogP contribution is 2.22. The molecule has 2 N–H and O–H groups in total. The summed E-state index contributed by atoms with van der Waals surface area (Å²) in [5, 5.41) is 6.48. The average molecular weight is 376 g/mol. The number of carbonyl (C=O) groups is 1. The van der Waals surface area contributed by atoms with Crippen LogP contribution in [0.1, 0.15) is 30.1 Å². The molecule has 2 rings (SSSR count). The molecule has 0 aromatic heterocycles. The zero-order chi connectivity index (χ0) is 13.1. The summed E-state index contributed by atoms with van der Waals surface area (Å²) < 4.78 is 1.73. The number of piperidine rings is 1. The van der Waals surface area contributed by atoms with Gasteiger partial charge in [0.25, 0.3) is 5.91 Å². The maximum absolute atomic E-state index is 12.2. The molecule has 98 valence electrons. The number of carbonyl (C=O) groups excluding carboxylic acids is 1. The molecule has 18 heavy (non-hydrogen) atoms. The molecule has 3 nitrogen and oxygen atoms in total. The van der Waals surface area contributed by atoms with E-state index in [9.17, 15) is 4.79 Å². The third-order valence-electron chi connectivity index (χ3n) is 3.25. The van der Waals surface area contributed by atoms with E-state index < -0.39 is 0 Å². The van der Waals surface area contributed by atoms with Crippen LogP contribution < -0.4 is 10.6 Å². The lowest BCUT2D eigenvalue weighted by Crippen LogP contribution is -2.51. The molecule has 1 aromatic rings. The van der Waals surface area contributed by atoms with Gasteiger partial charge in [0, 0.05) is 21.0 Å². The molecule has 0 radical (unpaired) electrons. The fourth-order valence-corrected chi connectivity index (χ4v) is 2.95. The predicted octanol–water partition coefficient (Wildman–Crippen LogP) is 3.08. The van der Waals surface area contributed by atoms with Gasteiger partial charge in [-0.3, -0.25) is 4.79 Å². The highest BCUT2D eigenvalue weighted by molar-refractivity contribution is 9.11. The Labute approximate surface area is 124 Å². The quantitative estimate of drug-likeness (QED) is 0.833. The summed E-state index contributed by atoms with van der Waals surface area (Å²) in [6.45, 7) is 3.15. The Bertz CT molecular complexity index is 451. The molecule has 5 heteroatoms. The second-order valence-corrected chi connectivity index (χ2v) is 6.36. The highest BCUT2D eigenvalue weighted by atomic mass is 79.9. The van der Waals surface area contributed by atoms with Gasteiger partial charge < -0.3 is 10.6 Å². The molecule has 1 aliphatic rings. The molecule has 1 amide bonds. The van der Waals surface area contributed by atoms with Crippen molar-refractivity contribution in [3.63, 3.8) is 0 Å². The van der Waals surface area contributed by atoms with Gasteiger partial charge in [0.1, 0.15) is 0 Å². The summed E-state index contributed by atoms with van der Waals surface area (Å²) in [4.78, 5) is 12.2. The summed E-state index contributed by atoms with van der Waals surface area (Å²) in [5.41, 5.74) is 0.669. The number of hydrogen-bond acceptors (Lipinski definition) is 2. The van der Waals surface area contributed by atoms with Gasteiger partial charge in [-0.15, -0.1) is 0 Å². The smallest absolute Gasteiger partial charge is 0.252 e. The largest absolute Gasteiger partial charge is 0.348 e. The number of amides is 1. The van der Waals surface area contributed by atoms with Crippen molar-refractivity contribution in [2.75, 3.05) is 6.54 Å². The lowest BCUT2D eigenvalue weighted by Gasteiger charge is -2.30. The molecular weight excluding hydrogens is 360 g/mol. The van der Waals surface area contributed by atoms with E-state index >= 15 is 0 Å². The number of rotatable bonds is 2. The lowest BCUT2D eigenvalue weighted by atomic mass is 9.99. The molecular formula is C13H16Br2N2O. The zero-order valence-electron chi connectivity index (χ0n) is 10.2. The number of halogens is 2. The number of hydrogen-bond donors (Lipinski definition) is 2. The maximum Gasteiger partial charge on any atom is 0.252 e. The summed E-state index contributed by atoms with van der Waals surface area (Å²) in [6.07, 6.45) is 2.14. The molecule has 1 fully saturated rings. The van der Waals surface area contributed by atoms with Crippen molar-refractivity contribution >= 4 is 37.8 Å². The van der Waals surface area contributed by atoms with E-state index in [1.54, 1.807) is 0 Å². The van der Waals surface area contributed by atoms with Gasteiger partial charge >= 0.3 is 0 Å². The number of benzene rings is 1. The van der Waals surface area contributed by atoms with Crippen molar-refractivity contribution in [3.05, 3.63) is 32.7 Å². The average Bonchev–Trinajstić information content (AvgIpc) is 2.35. The summed E-state index contributed by atoms with van der Waals surface area (Å²) in [7, 11) is 0. The van der Waals surface area contributed by atoms with Crippen molar-refractivity contribution in [3.8, 4) is 0 Å². The molecule has 0 aliphatic carbocycles. The molecule has 0 spiro atoms. The second kappa shape index (κ2) is 6.17. The first-order valence-corrected chi connectivity index (χ1v) is 7.66. The van der Waals surface area contributed by atoms with Gasteiger partial charge in [-0.1, -0.05) is 15.9 Å². The fraction of sp³-hybridized carbons (Fsp3) is 0.462. The van der Waals surface area contributed by atoms with E-state index in [0.717, 1.165) is 28.3 Å². The van der Waals surface area contributed by atoms with Crippen LogP contribution in [-0.2, 0) is 0 Å². The highest BCUT2D eigenvalue weighted by Gasteiger charge is 2.23. The maximum atomic E-state index is 12.2. The van der Waals surface area contributed by atoms with E-state index in [1.807, 2.05) is 18.2 Å². The first-order chi connectivity index (χ1) is 8.58. The first-order valence-electron chi connectivity index (χ1n) is 6.07. The molecule has 1 aromatic carbocycles. The standard InChI is InChI=1S/C13H16Br2N2O/c1-8-12(3-2-6-16-8)17-13(18)10-7-9(14)4-5-11(10)15/h4-5,7-8,12,16H,2-3,6H2,1H3,(H,17,18). The Kier molecular flexibility index (Phi) is 4.81. The Morgan fingerprint density at radius 2 is 2.22 bits per heavy atom. The third-order valence-corrected chi connectivity index (χ3v) is 4.44. The Morgan fingerprint density at radius 3 is 2.94 bits per heavy atom. The summed E-state index contributed by atoms with van der Waals surface area (Å²) in [6, 6.07) is 6.15. The van der Waals surface area contributed by atoms with Crippen LogP contribution in [0.5, 0.6) is 0 Å². The van der Waals surface area contributed by atoms with Crippen molar-refractivity contribution in [1.82, 2.24) is 10.6 Å². The monoisotopic (exact) mass is 374 g/mol. The van der Waals surface area contributed by atoms with Gasteiger partial charge in [0.15, 0.2) is 0 Å². The topological polar surface area (TPSA) is 41.1 Å². The minimum atomic E-state index is -0.0243. The van der Waals surface area contributed by atoms with Crippen molar-refractivity contribution < 1.29 is 4.79 Å². The van der Waals surface area contributed by atoms with Crippen LogP contribution in [0.3, 0.4) is 0 Å². The normalized spacial score (nSPS) is 23.7. The summed E-state index contributed by atoms with van der Waals surface area (Å²) in [5.74, 6) is -0.0243. The Hall–Kier alpha value is -0.390. The minimum absolute atomic E-state index is 0.0243. The molecule has 2 unspecified atom stereocenters. The molecule has 2 atom stereocenters. The molecule has 0 bridgehead atoms. The van der Waals surface area contributed by atoms with E-state index in [-0.39, 0.29) is 11.9 Å². The van der Waals surface area contributed by atoms with E-state index in [1.165, 1.54) is 0 Å². The molecule has 1 saturated heterocycles. The number of nitrogens with one attached hydrogen (secondary N) is 2. The first kappa shape index (κ1) is 14.0. The predicted molar refractivity (Wildman–Crippen MR) is 79.8 cm³/mol. The van der Waals surface area contributed by atoms with Gasteiger partial charge in [-0.25, -0.2) is 0 Å². The van der Waals surface area contributed by atoms with Crippen LogP contribution in [0.2, 0.25) is 0 Å². The van der Waals surface area contributed by atoms with Gasteiger partial charge in [0.05, 0.1) is 5.56 Å². The minimum Gasteiger partial charge on any atom is -0.348 e. The van der Waals surface area contributed by atoms with E-state index in [4.69, 9.17) is 0 Å². The Balaban J connectivity index is 2.09. The van der Waals surface area contributed by atoms with Crippen LogP contribution in [-0.4, -0.2) is 24.5 Å². The Morgan fingerprint density at radius 1 is 1.44 bits per heavy atom. The second-order valence-electron chi connectivity index (χ2n) is 4.59. The molecule has 1 heterocycles. The fourth-order valence-electron chi connectivity index (χ4n) is 2.16. The molecule has 1 aliphatic heterocycles. The van der Waals surface area contributed by atoms with E-state index in [0.29, 0.717) is 11.6 Å². The van der Waals surface area contributed by atoms with Crippen molar-refractivity contribution in [1.29, 1.82) is 0 Å². The lowest BCUT2D eigenvalue weighted by molar-refractivity contribution is 0.0919. The van der Waals surface area contributed by atoms with Crippen LogP contribution in [0.4, 0.5) is 0 Å². The molecule has 0 saturated carbocycles. The van der Waals surface area contributed by atoms with E-state index in [2.05, 4.69) is 49.4 Å². The van der Waals surface area contributed by atoms with Gasteiger partial charge in [0.2, 0.25) is 0 Å². The van der Waals surface area contributed by atoms with Gasteiger partial charge in [-0.2, -0.15) is 0 Å². The summed E-state index contributed by atoms with van der Waals surface area (Å²) >= 11 is 6.80. The SMILES string of the molecule is CC1NCCCC1NC(=O)c1cc(Br)ccc1Br. The van der Waals surface area contributed by atoms with Crippen LogP contribution >= 0.6 is 31.9 Å². The zero-order valence-corrected chi connectivity index (χ0v) is 13.3. The van der Waals surface area contributed by atoms with Gasteiger partial charge in [-0.05, 0) is 60.4 Å².